The highest BCUT2D eigenvalue weighted by Crippen LogP contribution is 2.21. The molecule has 20 heavy (non-hydrogen) atoms. The normalized spacial score (nSPS) is 11.1. The largest absolute Gasteiger partial charge is 0.497 e. The Labute approximate surface area is 120 Å². The lowest BCUT2D eigenvalue weighted by Gasteiger charge is -2.30. The molecular weight excluding hydrogens is 256 g/mol. The average Bonchev–Trinajstić information content (AvgIpc) is 2.47. The van der Waals surface area contributed by atoms with Gasteiger partial charge in [-0.25, -0.2) is 4.79 Å². The molecule has 0 saturated heterocycles. The van der Waals surface area contributed by atoms with Crippen LogP contribution in [-0.4, -0.2) is 30.4 Å². The molecule has 0 spiro atoms. The Hall–Kier alpha value is -1.75. The number of carbonyl (C=O) groups excluding carboxylic acids is 1. The van der Waals surface area contributed by atoms with Crippen molar-refractivity contribution in [2.24, 2.45) is 0 Å². The van der Waals surface area contributed by atoms with Crippen LogP contribution < -0.4 is 15.4 Å². The first kappa shape index (κ1) is 16.3. The van der Waals surface area contributed by atoms with E-state index in [1.807, 2.05) is 26.8 Å². The summed E-state index contributed by atoms with van der Waals surface area (Å²) in [4.78, 5) is 12.0. The smallest absolute Gasteiger partial charge is 0.319 e. The standard InChI is InChI=1S/C15H24N2O3/c1-5-15(6-2,10-18)17-14(19)16-13-8-7-12(20-4)9-11(13)3/h7-9,18H,5-6,10H2,1-4H3,(H2,16,17,19). The van der Waals surface area contributed by atoms with Crippen LogP contribution in [0.4, 0.5) is 10.5 Å². The topological polar surface area (TPSA) is 70.6 Å². The maximum Gasteiger partial charge on any atom is 0.319 e. The number of benzene rings is 1. The van der Waals surface area contributed by atoms with Crippen LogP contribution in [0.25, 0.3) is 0 Å². The number of hydrogen-bond acceptors (Lipinski definition) is 3. The summed E-state index contributed by atoms with van der Waals surface area (Å²) in [7, 11) is 1.60. The van der Waals surface area contributed by atoms with Crippen molar-refractivity contribution in [2.45, 2.75) is 39.2 Å². The highest BCUT2D eigenvalue weighted by atomic mass is 16.5. The molecule has 0 fully saturated rings. The Bertz CT molecular complexity index is 448. The predicted octanol–water partition coefficient (Wildman–Crippen LogP) is 2.68. The Balaban J connectivity index is 2.76. The van der Waals surface area contributed by atoms with Crippen LogP contribution in [0.1, 0.15) is 32.3 Å². The minimum Gasteiger partial charge on any atom is -0.497 e. The molecule has 0 bridgehead atoms. The van der Waals surface area contributed by atoms with Gasteiger partial charge in [0.05, 0.1) is 19.3 Å². The van der Waals surface area contributed by atoms with Gasteiger partial charge in [-0.15, -0.1) is 0 Å². The molecule has 0 saturated carbocycles. The van der Waals surface area contributed by atoms with Gasteiger partial charge in [0.1, 0.15) is 5.75 Å². The average molecular weight is 280 g/mol. The number of aliphatic hydroxyl groups excluding tert-OH is 1. The molecule has 0 aliphatic rings. The molecule has 0 aliphatic carbocycles. The number of aryl methyl sites for hydroxylation is 1. The van der Waals surface area contributed by atoms with Crippen LogP contribution in [0, 0.1) is 6.92 Å². The van der Waals surface area contributed by atoms with Gasteiger partial charge >= 0.3 is 6.03 Å². The summed E-state index contributed by atoms with van der Waals surface area (Å²) >= 11 is 0. The fourth-order valence-corrected chi connectivity index (χ4v) is 1.99. The minimum absolute atomic E-state index is 0.0744. The van der Waals surface area contributed by atoms with E-state index in [2.05, 4.69) is 10.6 Å². The minimum atomic E-state index is -0.565. The SMILES string of the molecule is CCC(CC)(CO)NC(=O)Nc1ccc(OC)cc1C. The van der Waals surface area contributed by atoms with Gasteiger partial charge < -0.3 is 20.5 Å². The summed E-state index contributed by atoms with van der Waals surface area (Å²) in [6.07, 6.45) is 1.35. The second-order valence-corrected chi connectivity index (χ2v) is 4.91. The lowest BCUT2D eigenvalue weighted by molar-refractivity contribution is 0.155. The molecule has 0 aromatic heterocycles. The zero-order chi connectivity index (χ0) is 15.2. The van der Waals surface area contributed by atoms with Gasteiger partial charge in [0.25, 0.3) is 0 Å². The third kappa shape index (κ3) is 3.87. The molecule has 1 aromatic carbocycles. The fourth-order valence-electron chi connectivity index (χ4n) is 1.99. The van der Waals surface area contributed by atoms with Gasteiger partial charge in [0.2, 0.25) is 0 Å². The highest BCUT2D eigenvalue weighted by Gasteiger charge is 2.27. The van der Waals surface area contributed by atoms with Crippen molar-refractivity contribution >= 4 is 11.7 Å². The van der Waals surface area contributed by atoms with E-state index in [-0.39, 0.29) is 12.6 Å². The van der Waals surface area contributed by atoms with Gasteiger partial charge in [-0.3, -0.25) is 0 Å². The predicted molar refractivity (Wildman–Crippen MR) is 80.3 cm³/mol. The lowest BCUT2D eigenvalue weighted by Crippen LogP contribution is -2.52. The molecule has 0 aliphatic heterocycles. The Kier molecular flexibility index (Phi) is 5.82. The number of amides is 2. The third-order valence-electron chi connectivity index (χ3n) is 3.72. The van der Waals surface area contributed by atoms with Crippen LogP contribution in [0.2, 0.25) is 0 Å². The summed E-state index contributed by atoms with van der Waals surface area (Å²) in [5.74, 6) is 0.750. The molecule has 3 N–H and O–H groups in total. The van der Waals surface area contributed by atoms with Gasteiger partial charge in [-0.05, 0) is 43.5 Å². The number of hydrogen-bond donors (Lipinski definition) is 3. The maximum absolute atomic E-state index is 12.0. The first-order valence-corrected chi connectivity index (χ1v) is 6.85. The van der Waals surface area contributed by atoms with E-state index in [1.54, 1.807) is 19.2 Å². The molecule has 5 nitrogen and oxygen atoms in total. The van der Waals surface area contributed by atoms with E-state index >= 15 is 0 Å². The van der Waals surface area contributed by atoms with Crippen molar-refractivity contribution in [3.63, 3.8) is 0 Å². The summed E-state index contributed by atoms with van der Waals surface area (Å²) < 4.78 is 5.13. The van der Waals surface area contributed by atoms with E-state index in [0.717, 1.165) is 17.0 Å². The summed E-state index contributed by atoms with van der Waals surface area (Å²) in [6.45, 7) is 5.71. The fraction of sp³-hybridized carbons (Fsp3) is 0.533. The molecular formula is C15H24N2O3. The van der Waals surface area contributed by atoms with E-state index in [4.69, 9.17) is 4.74 Å². The number of urea groups is 1. The van der Waals surface area contributed by atoms with Crippen molar-refractivity contribution in [1.82, 2.24) is 5.32 Å². The van der Waals surface area contributed by atoms with E-state index < -0.39 is 5.54 Å². The second-order valence-electron chi connectivity index (χ2n) is 4.91. The van der Waals surface area contributed by atoms with Crippen molar-refractivity contribution in [3.8, 4) is 5.75 Å². The van der Waals surface area contributed by atoms with E-state index in [0.29, 0.717) is 12.8 Å². The Morgan fingerprint density at radius 3 is 2.45 bits per heavy atom. The number of methoxy groups -OCH3 is 1. The van der Waals surface area contributed by atoms with Crippen LogP contribution in [-0.2, 0) is 0 Å². The Morgan fingerprint density at radius 2 is 2.00 bits per heavy atom. The first-order valence-electron chi connectivity index (χ1n) is 6.85. The molecule has 2 amide bonds. The first-order chi connectivity index (χ1) is 9.50. The van der Waals surface area contributed by atoms with Crippen molar-refractivity contribution < 1.29 is 14.6 Å². The van der Waals surface area contributed by atoms with Gasteiger partial charge in [-0.1, -0.05) is 13.8 Å². The Morgan fingerprint density at radius 1 is 1.35 bits per heavy atom. The number of rotatable bonds is 6. The summed E-state index contributed by atoms with van der Waals surface area (Å²) in [5, 5.41) is 15.1. The summed E-state index contributed by atoms with van der Waals surface area (Å²) in [5.41, 5.74) is 1.08. The third-order valence-corrected chi connectivity index (χ3v) is 3.72. The molecule has 0 unspecified atom stereocenters. The zero-order valence-corrected chi connectivity index (χ0v) is 12.6. The number of nitrogens with one attached hydrogen (secondary N) is 2. The second kappa shape index (κ2) is 7.14. The molecule has 1 rings (SSSR count). The number of anilines is 1. The number of carbonyl (C=O) groups is 1. The van der Waals surface area contributed by atoms with E-state index in [1.165, 1.54) is 0 Å². The van der Waals surface area contributed by atoms with Gasteiger partial charge in [0.15, 0.2) is 0 Å². The van der Waals surface area contributed by atoms with Gasteiger partial charge in [-0.2, -0.15) is 0 Å². The molecule has 0 heterocycles. The van der Waals surface area contributed by atoms with Crippen LogP contribution >= 0.6 is 0 Å². The molecule has 5 heteroatoms. The lowest BCUT2D eigenvalue weighted by atomic mass is 9.94. The van der Waals surface area contributed by atoms with Crippen molar-refractivity contribution in [3.05, 3.63) is 23.8 Å². The zero-order valence-electron chi connectivity index (χ0n) is 12.6. The summed E-state index contributed by atoms with van der Waals surface area (Å²) in [6, 6.07) is 5.14. The number of aliphatic hydroxyl groups is 1. The van der Waals surface area contributed by atoms with Crippen LogP contribution in [0.15, 0.2) is 18.2 Å². The monoisotopic (exact) mass is 280 g/mol. The highest BCUT2D eigenvalue weighted by molar-refractivity contribution is 5.90. The quantitative estimate of drug-likeness (QED) is 0.750. The molecule has 1 aromatic rings. The van der Waals surface area contributed by atoms with Crippen LogP contribution in [0.3, 0.4) is 0 Å². The molecule has 0 atom stereocenters. The van der Waals surface area contributed by atoms with Crippen molar-refractivity contribution in [1.29, 1.82) is 0 Å². The van der Waals surface area contributed by atoms with Gasteiger partial charge in [0, 0.05) is 5.69 Å². The molecule has 0 radical (unpaired) electrons. The van der Waals surface area contributed by atoms with Crippen LogP contribution in [0.5, 0.6) is 5.75 Å². The molecule has 112 valence electrons. The maximum atomic E-state index is 12.0. The number of ether oxygens (including phenoxy) is 1. The van der Waals surface area contributed by atoms with Crippen molar-refractivity contribution in [2.75, 3.05) is 19.0 Å². The van der Waals surface area contributed by atoms with E-state index in [9.17, 15) is 9.90 Å².